The van der Waals surface area contributed by atoms with Gasteiger partial charge in [0.15, 0.2) is 0 Å². The normalized spacial score (nSPS) is 14.8. The first-order valence-corrected chi connectivity index (χ1v) is 8.92. The van der Waals surface area contributed by atoms with Crippen LogP contribution in [0.15, 0.2) is 12.3 Å². The Bertz CT molecular complexity index is 590. The molecule has 2 N–H and O–H groups in total. The number of nitrogens with zero attached hydrogens (tertiary/aromatic N) is 3. The van der Waals surface area contributed by atoms with E-state index in [-0.39, 0.29) is 18.0 Å². The lowest BCUT2D eigenvalue weighted by Crippen LogP contribution is -2.42. The van der Waals surface area contributed by atoms with E-state index in [1.807, 2.05) is 0 Å². The minimum atomic E-state index is -0.269. The smallest absolute Gasteiger partial charge is 0.409 e. The summed E-state index contributed by atoms with van der Waals surface area (Å²) in [5, 5.41) is 6.04. The van der Waals surface area contributed by atoms with E-state index >= 15 is 0 Å². The van der Waals surface area contributed by atoms with Gasteiger partial charge in [-0.15, -0.1) is 0 Å². The molecule has 0 atom stereocenters. The Hall–Kier alpha value is -2.42. The summed E-state index contributed by atoms with van der Waals surface area (Å²) in [6, 6.07) is 1.74. The predicted molar refractivity (Wildman–Crippen MR) is 96.1 cm³/mol. The minimum Gasteiger partial charge on any atom is -0.450 e. The third kappa shape index (κ3) is 6.14. The van der Waals surface area contributed by atoms with Crippen molar-refractivity contribution in [2.45, 2.75) is 32.2 Å². The van der Waals surface area contributed by atoms with Crippen LogP contribution in [-0.4, -0.2) is 72.9 Å². The van der Waals surface area contributed by atoms with Crippen molar-refractivity contribution in [2.24, 2.45) is 0 Å². The fourth-order valence-electron chi connectivity index (χ4n) is 2.67. The number of piperidine rings is 1. The van der Waals surface area contributed by atoms with E-state index in [1.54, 1.807) is 31.2 Å². The molecule has 0 aliphatic carbocycles. The number of rotatable bonds is 8. The van der Waals surface area contributed by atoms with Crippen molar-refractivity contribution in [3.8, 4) is 0 Å². The van der Waals surface area contributed by atoms with Crippen LogP contribution >= 0.6 is 0 Å². The first-order chi connectivity index (χ1) is 12.6. The Balaban J connectivity index is 1.81. The zero-order valence-corrected chi connectivity index (χ0v) is 15.4. The summed E-state index contributed by atoms with van der Waals surface area (Å²) in [7, 11) is 1.63. The first-order valence-electron chi connectivity index (χ1n) is 8.92. The number of carbonyl (C=O) groups is 2. The van der Waals surface area contributed by atoms with Gasteiger partial charge in [0.2, 0.25) is 5.95 Å². The molecule has 2 amide bonds. The molecule has 2 rings (SSSR count). The maximum absolute atomic E-state index is 12.1. The van der Waals surface area contributed by atoms with Gasteiger partial charge >= 0.3 is 6.09 Å². The van der Waals surface area contributed by atoms with Crippen molar-refractivity contribution in [3.05, 3.63) is 18.0 Å². The van der Waals surface area contributed by atoms with Gasteiger partial charge < -0.3 is 25.0 Å². The molecule has 2 heterocycles. The maximum atomic E-state index is 12.1. The lowest BCUT2D eigenvalue weighted by Gasteiger charge is -2.31. The molecule has 0 saturated carbocycles. The van der Waals surface area contributed by atoms with Crippen molar-refractivity contribution in [3.63, 3.8) is 0 Å². The molecule has 0 bridgehead atoms. The second-order valence-corrected chi connectivity index (χ2v) is 5.97. The molecule has 0 spiro atoms. The van der Waals surface area contributed by atoms with Crippen LogP contribution in [0.5, 0.6) is 0 Å². The Labute approximate surface area is 153 Å². The monoisotopic (exact) mass is 365 g/mol. The number of aromatic nitrogens is 2. The largest absolute Gasteiger partial charge is 0.450 e. The quantitative estimate of drug-likeness (QED) is 0.668. The van der Waals surface area contributed by atoms with Gasteiger partial charge in [0, 0.05) is 45.6 Å². The van der Waals surface area contributed by atoms with Gasteiger partial charge in [-0.25, -0.2) is 14.8 Å². The van der Waals surface area contributed by atoms with E-state index in [9.17, 15) is 9.59 Å². The number of methoxy groups -OCH3 is 1. The fraction of sp³-hybridized carbons (Fsp3) is 0.647. The molecule has 9 heteroatoms. The third-order valence-corrected chi connectivity index (χ3v) is 4.05. The van der Waals surface area contributed by atoms with Gasteiger partial charge in [-0.3, -0.25) is 4.79 Å². The van der Waals surface area contributed by atoms with E-state index in [0.717, 1.165) is 19.3 Å². The molecule has 1 aromatic heterocycles. The van der Waals surface area contributed by atoms with Crippen LogP contribution in [0.25, 0.3) is 0 Å². The molecule has 1 aliphatic heterocycles. The fourth-order valence-corrected chi connectivity index (χ4v) is 2.67. The van der Waals surface area contributed by atoms with E-state index in [0.29, 0.717) is 44.5 Å². The van der Waals surface area contributed by atoms with Gasteiger partial charge in [-0.1, -0.05) is 0 Å². The van der Waals surface area contributed by atoms with Gasteiger partial charge in [0.1, 0.15) is 5.69 Å². The third-order valence-electron chi connectivity index (χ3n) is 4.05. The van der Waals surface area contributed by atoms with Crippen molar-refractivity contribution in [2.75, 3.05) is 45.3 Å². The Morgan fingerprint density at radius 2 is 2.12 bits per heavy atom. The molecular weight excluding hydrogens is 338 g/mol. The average molecular weight is 365 g/mol. The second-order valence-electron chi connectivity index (χ2n) is 5.97. The summed E-state index contributed by atoms with van der Waals surface area (Å²) in [5.74, 6) is 0.188. The van der Waals surface area contributed by atoms with Crippen LogP contribution in [0.1, 0.15) is 36.7 Å². The number of amides is 2. The summed E-state index contributed by atoms with van der Waals surface area (Å²) in [6.45, 7) is 4.55. The molecule has 0 radical (unpaired) electrons. The number of likely N-dealkylation sites (tertiary alicyclic amines) is 1. The highest BCUT2D eigenvalue weighted by atomic mass is 16.6. The van der Waals surface area contributed by atoms with Crippen LogP contribution < -0.4 is 10.6 Å². The summed E-state index contributed by atoms with van der Waals surface area (Å²) in [6.07, 6.45) is 3.59. The number of carbonyl (C=O) groups excluding carboxylic acids is 2. The predicted octanol–water partition coefficient (Wildman–Crippen LogP) is 1.28. The van der Waals surface area contributed by atoms with E-state index in [2.05, 4.69) is 20.6 Å². The highest BCUT2D eigenvalue weighted by molar-refractivity contribution is 5.92. The molecule has 0 aromatic carbocycles. The average Bonchev–Trinajstić information content (AvgIpc) is 2.66. The number of ether oxygens (including phenoxy) is 2. The van der Waals surface area contributed by atoms with Crippen LogP contribution in [0.2, 0.25) is 0 Å². The molecular formula is C17H27N5O4. The second kappa shape index (κ2) is 10.5. The first kappa shape index (κ1) is 19.9. The molecule has 1 fully saturated rings. The van der Waals surface area contributed by atoms with E-state index in [1.165, 1.54) is 0 Å². The summed E-state index contributed by atoms with van der Waals surface area (Å²) < 4.78 is 9.96. The summed E-state index contributed by atoms with van der Waals surface area (Å²) in [5.41, 5.74) is 0.323. The topological polar surface area (TPSA) is 106 Å². The van der Waals surface area contributed by atoms with Gasteiger partial charge in [0.05, 0.1) is 6.61 Å². The maximum Gasteiger partial charge on any atom is 0.409 e. The SMILES string of the molecule is CCOC(=O)N1CCC(Nc2nccc(C(=O)NCCCOC)n2)CC1. The van der Waals surface area contributed by atoms with Crippen molar-refractivity contribution in [1.82, 2.24) is 20.2 Å². The Morgan fingerprint density at radius 1 is 1.35 bits per heavy atom. The Kier molecular flexibility index (Phi) is 8.07. The standard InChI is InChI=1S/C17H27N5O4/c1-3-26-17(24)22-10-6-13(7-11-22)20-16-19-9-5-14(21-16)15(23)18-8-4-12-25-2/h5,9,13H,3-4,6-8,10-12H2,1-2H3,(H,18,23)(H,19,20,21). The van der Waals surface area contributed by atoms with Gasteiger partial charge in [0.25, 0.3) is 5.91 Å². The zero-order valence-electron chi connectivity index (χ0n) is 15.4. The van der Waals surface area contributed by atoms with Gasteiger partial charge in [-0.05, 0) is 32.3 Å². The number of anilines is 1. The minimum absolute atomic E-state index is 0.153. The molecule has 1 saturated heterocycles. The van der Waals surface area contributed by atoms with Crippen molar-refractivity contribution >= 4 is 17.9 Å². The molecule has 0 unspecified atom stereocenters. The number of hydrogen-bond acceptors (Lipinski definition) is 7. The van der Waals surface area contributed by atoms with Crippen molar-refractivity contribution in [1.29, 1.82) is 0 Å². The van der Waals surface area contributed by atoms with E-state index < -0.39 is 0 Å². The highest BCUT2D eigenvalue weighted by Crippen LogP contribution is 2.15. The summed E-state index contributed by atoms with van der Waals surface area (Å²) >= 11 is 0. The molecule has 1 aromatic rings. The Morgan fingerprint density at radius 3 is 2.81 bits per heavy atom. The lowest BCUT2D eigenvalue weighted by molar-refractivity contribution is 0.0941. The molecule has 26 heavy (non-hydrogen) atoms. The van der Waals surface area contributed by atoms with Crippen LogP contribution in [-0.2, 0) is 9.47 Å². The number of nitrogens with one attached hydrogen (secondary N) is 2. The number of hydrogen-bond donors (Lipinski definition) is 2. The van der Waals surface area contributed by atoms with Crippen LogP contribution in [0.4, 0.5) is 10.7 Å². The summed E-state index contributed by atoms with van der Waals surface area (Å²) in [4.78, 5) is 34.0. The molecule has 144 valence electrons. The van der Waals surface area contributed by atoms with Crippen LogP contribution in [0.3, 0.4) is 0 Å². The zero-order chi connectivity index (χ0) is 18.8. The van der Waals surface area contributed by atoms with Crippen molar-refractivity contribution < 1.29 is 19.1 Å². The molecule has 1 aliphatic rings. The van der Waals surface area contributed by atoms with Gasteiger partial charge in [-0.2, -0.15) is 0 Å². The van der Waals surface area contributed by atoms with E-state index in [4.69, 9.17) is 9.47 Å². The molecule has 9 nitrogen and oxygen atoms in total. The van der Waals surface area contributed by atoms with Crippen LogP contribution in [0, 0.1) is 0 Å². The highest BCUT2D eigenvalue weighted by Gasteiger charge is 2.24. The lowest BCUT2D eigenvalue weighted by atomic mass is 10.1.